The minimum absolute atomic E-state index is 0.00980. The van der Waals surface area contributed by atoms with Gasteiger partial charge in [0.25, 0.3) is 14.1 Å². The third kappa shape index (κ3) is 13.6. The van der Waals surface area contributed by atoms with E-state index < -0.39 is 88.3 Å². The first kappa shape index (κ1) is 45.4. The van der Waals surface area contributed by atoms with Crippen molar-refractivity contribution < 1.29 is 51.2 Å². The highest BCUT2D eigenvalue weighted by molar-refractivity contribution is 7.57. The zero-order chi connectivity index (χ0) is 39.4. The maximum absolute atomic E-state index is 13.8. The van der Waals surface area contributed by atoms with Crippen molar-refractivity contribution in [3.8, 4) is 6.07 Å². The van der Waals surface area contributed by atoms with E-state index in [0.717, 1.165) is 5.82 Å². The first-order valence-corrected chi connectivity index (χ1v) is 19.5. The van der Waals surface area contributed by atoms with E-state index in [1.807, 2.05) is 32.4 Å². The lowest BCUT2D eigenvalue weighted by molar-refractivity contribution is -0.161. The SMILES string of the molecule is CO[C@@H]1[C@@H](OP(OCCC#N)N(C(C)C)C(C)C)[C@@H](C/C=C/P(=O)(OCOC(=O)C(C)(C)C)OCOC(=O)C(C)(C)C)O[C@H]1n1ccc(=O)[nH]c1=O. The average molecular weight is 777 g/mol. The molecular formula is C33H54N4O13P2. The largest absolute Gasteiger partial charge is 0.438 e. The third-order valence-corrected chi connectivity index (χ3v) is 10.9. The molecule has 1 aromatic rings. The van der Waals surface area contributed by atoms with Crippen molar-refractivity contribution in [3.63, 3.8) is 0 Å². The number of nitriles is 1. The lowest BCUT2D eigenvalue weighted by Gasteiger charge is -2.38. The van der Waals surface area contributed by atoms with Gasteiger partial charge < -0.3 is 28.0 Å². The first-order chi connectivity index (χ1) is 24.1. The summed E-state index contributed by atoms with van der Waals surface area (Å²) in [6.45, 7) is 16.4. The van der Waals surface area contributed by atoms with Gasteiger partial charge in [-0.3, -0.25) is 37.5 Å². The van der Waals surface area contributed by atoms with Gasteiger partial charge in [0.05, 0.1) is 36.0 Å². The van der Waals surface area contributed by atoms with Gasteiger partial charge in [-0.05, 0) is 75.7 Å². The Morgan fingerprint density at radius 3 is 2.06 bits per heavy atom. The van der Waals surface area contributed by atoms with Gasteiger partial charge in [0.2, 0.25) is 13.6 Å². The number of hydrogen-bond acceptors (Lipinski definition) is 15. The molecule has 1 aromatic heterocycles. The summed E-state index contributed by atoms with van der Waals surface area (Å²) in [4.78, 5) is 51.5. The summed E-state index contributed by atoms with van der Waals surface area (Å²) in [6, 6.07) is 3.16. The van der Waals surface area contributed by atoms with Crippen LogP contribution in [0.25, 0.3) is 0 Å². The van der Waals surface area contributed by atoms with E-state index in [-0.39, 0.29) is 31.5 Å². The molecule has 0 spiro atoms. The first-order valence-electron chi connectivity index (χ1n) is 16.8. The molecular weight excluding hydrogens is 722 g/mol. The maximum Gasteiger partial charge on any atom is 0.359 e. The smallest absolute Gasteiger partial charge is 0.359 e. The van der Waals surface area contributed by atoms with Crippen molar-refractivity contribution in [1.29, 1.82) is 5.26 Å². The van der Waals surface area contributed by atoms with E-state index in [1.165, 1.54) is 30.0 Å². The van der Waals surface area contributed by atoms with Gasteiger partial charge >= 0.3 is 25.2 Å². The molecule has 19 heteroatoms. The van der Waals surface area contributed by atoms with Gasteiger partial charge in [-0.15, -0.1) is 0 Å². The lowest BCUT2D eigenvalue weighted by Crippen LogP contribution is -2.41. The summed E-state index contributed by atoms with van der Waals surface area (Å²) in [6.07, 6.45) is -0.950. The molecule has 1 N–H and O–H groups in total. The quantitative estimate of drug-likeness (QED) is 0.0815. The molecule has 1 saturated heterocycles. The van der Waals surface area contributed by atoms with E-state index in [9.17, 15) is 29.0 Å². The summed E-state index contributed by atoms with van der Waals surface area (Å²) in [7, 11) is -4.63. The molecule has 1 unspecified atom stereocenters. The van der Waals surface area contributed by atoms with Crippen molar-refractivity contribution in [2.45, 2.75) is 119 Å². The Hall–Kier alpha value is -2.77. The van der Waals surface area contributed by atoms with Crippen molar-refractivity contribution in [3.05, 3.63) is 45.0 Å². The highest BCUT2D eigenvalue weighted by Crippen LogP contribution is 2.52. The zero-order valence-corrected chi connectivity index (χ0v) is 33.6. The molecule has 1 aliphatic heterocycles. The Morgan fingerprint density at radius 2 is 1.60 bits per heavy atom. The Balaban J connectivity index is 2.49. The van der Waals surface area contributed by atoms with Crippen molar-refractivity contribution in [2.24, 2.45) is 10.8 Å². The van der Waals surface area contributed by atoms with Crippen LogP contribution in [0, 0.1) is 22.2 Å². The number of aromatic nitrogens is 2. The predicted octanol–water partition coefficient (Wildman–Crippen LogP) is 5.33. The van der Waals surface area contributed by atoms with Crippen LogP contribution in [0.1, 0.15) is 88.3 Å². The molecule has 17 nitrogen and oxygen atoms in total. The van der Waals surface area contributed by atoms with Gasteiger partial charge in [0, 0.05) is 37.3 Å². The van der Waals surface area contributed by atoms with E-state index in [0.29, 0.717) is 0 Å². The van der Waals surface area contributed by atoms with Crippen LogP contribution in [-0.2, 0) is 51.2 Å². The molecule has 1 fully saturated rings. The van der Waals surface area contributed by atoms with Crippen molar-refractivity contribution in [1.82, 2.24) is 14.2 Å². The summed E-state index contributed by atoms with van der Waals surface area (Å²) in [5.74, 6) is -0.104. The number of nitrogens with zero attached hydrogens (tertiary/aromatic N) is 3. The second kappa shape index (κ2) is 20.1. The lowest BCUT2D eigenvalue weighted by atomic mass is 9.98. The molecule has 52 heavy (non-hydrogen) atoms. The van der Waals surface area contributed by atoms with Crippen LogP contribution in [0.2, 0.25) is 0 Å². The number of nitrogens with one attached hydrogen (secondary N) is 1. The number of H-pyrrole nitrogens is 1. The maximum atomic E-state index is 13.8. The van der Waals surface area contributed by atoms with Crippen LogP contribution in [0.5, 0.6) is 0 Å². The van der Waals surface area contributed by atoms with E-state index >= 15 is 0 Å². The van der Waals surface area contributed by atoms with E-state index in [4.69, 9.17) is 37.0 Å². The number of rotatable bonds is 19. The Kier molecular flexibility index (Phi) is 17.5. The van der Waals surface area contributed by atoms with Crippen LogP contribution in [0.4, 0.5) is 0 Å². The van der Waals surface area contributed by atoms with Crippen LogP contribution in [0.3, 0.4) is 0 Å². The number of methoxy groups -OCH3 is 1. The zero-order valence-electron chi connectivity index (χ0n) is 31.9. The highest BCUT2D eigenvalue weighted by Gasteiger charge is 2.49. The van der Waals surface area contributed by atoms with Gasteiger partial charge in [0.1, 0.15) is 12.2 Å². The fraction of sp³-hybridized carbons (Fsp3) is 0.727. The molecule has 0 bridgehead atoms. The van der Waals surface area contributed by atoms with Crippen LogP contribution < -0.4 is 11.2 Å². The number of carbonyl (C=O) groups is 2. The molecule has 1 aliphatic rings. The Labute approximate surface area is 306 Å². The van der Waals surface area contributed by atoms with Crippen molar-refractivity contribution in [2.75, 3.05) is 27.3 Å². The normalized spacial score (nSPS) is 20.5. The van der Waals surface area contributed by atoms with Gasteiger partial charge in [0.15, 0.2) is 6.23 Å². The molecule has 0 aromatic carbocycles. The number of ether oxygens (including phenoxy) is 4. The molecule has 0 amide bonds. The summed E-state index contributed by atoms with van der Waals surface area (Å²) in [5, 5.41) is 9.17. The molecule has 294 valence electrons. The summed E-state index contributed by atoms with van der Waals surface area (Å²) < 4.78 is 63.0. The molecule has 0 aliphatic carbocycles. The predicted molar refractivity (Wildman–Crippen MR) is 190 cm³/mol. The minimum atomic E-state index is -4.23. The second-order valence-corrected chi connectivity index (χ2v) is 17.7. The topological polar surface area (TPSA) is 207 Å². The van der Waals surface area contributed by atoms with Gasteiger partial charge in [-0.1, -0.05) is 6.08 Å². The fourth-order valence-corrected chi connectivity index (χ4v) is 7.51. The standard InChI is InChI=1S/C33H54N4O13P2/c1-22(2)37(23(3)4)51(46-18-13-16-34)50-26-24(49-28(27(26)43-11)36-17-15-25(38)35-31(36)41)14-12-19-52(42,47-20-44-29(39)32(5,6)7)48-21-45-30(40)33(8,9)10/h12,15,17,19,22-24,26-28H,13-14,18,20-21H2,1-11H3,(H,35,38,41)/b19-12+/t24-,26+,27-,28-,51?/m1/s1. The Bertz CT molecular complexity index is 1510. The van der Waals surface area contributed by atoms with E-state index in [1.54, 1.807) is 41.5 Å². The van der Waals surface area contributed by atoms with E-state index in [2.05, 4.69) is 11.1 Å². The van der Waals surface area contributed by atoms with Crippen LogP contribution in [0.15, 0.2) is 33.7 Å². The van der Waals surface area contributed by atoms with Crippen LogP contribution in [-0.4, -0.2) is 83.9 Å². The molecule has 2 rings (SSSR count). The molecule has 0 saturated carbocycles. The van der Waals surface area contributed by atoms with Crippen LogP contribution >= 0.6 is 16.1 Å². The van der Waals surface area contributed by atoms with Gasteiger partial charge in [-0.2, -0.15) is 5.26 Å². The van der Waals surface area contributed by atoms with Crippen molar-refractivity contribution >= 4 is 28.1 Å². The summed E-state index contributed by atoms with van der Waals surface area (Å²) >= 11 is 0. The number of aromatic amines is 1. The summed E-state index contributed by atoms with van der Waals surface area (Å²) in [5.41, 5.74) is -3.06. The molecule has 0 radical (unpaired) electrons. The average Bonchev–Trinajstić information content (AvgIpc) is 3.36. The Morgan fingerprint density at radius 1 is 1.04 bits per heavy atom. The minimum Gasteiger partial charge on any atom is -0.438 e. The van der Waals surface area contributed by atoms with Gasteiger partial charge in [-0.25, -0.2) is 9.46 Å². The molecule has 5 atom stereocenters. The second-order valence-electron chi connectivity index (χ2n) is 14.4. The number of esters is 2. The molecule has 2 heterocycles. The number of carbonyl (C=O) groups excluding carboxylic acids is 2. The highest BCUT2D eigenvalue weighted by atomic mass is 31.2. The fourth-order valence-electron chi connectivity index (χ4n) is 4.71. The number of hydrogen-bond donors (Lipinski definition) is 1. The third-order valence-electron chi connectivity index (χ3n) is 7.28. The monoisotopic (exact) mass is 776 g/mol.